The lowest BCUT2D eigenvalue weighted by Gasteiger charge is -2.20. The molecule has 2 atom stereocenters. The Morgan fingerprint density at radius 2 is 1.05 bits per heavy atom. The first-order valence-electron chi connectivity index (χ1n) is 7.08. The first-order chi connectivity index (χ1) is 9.24. The number of hydrogen-bond acceptors (Lipinski definition) is 1. The molecule has 0 bridgehead atoms. The second kappa shape index (κ2) is 7.10. The Labute approximate surface area is 116 Å². The fraction of sp³-hybridized carbons (Fsp3) is 0.333. The van der Waals surface area contributed by atoms with Crippen molar-refractivity contribution in [3.05, 3.63) is 71.8 Å². The molecule has 1 nitrogen and oxygen atoms in total. The summed E-state index contributed by atoms with van der Waals surface area (Å²) in [5, 5.41) is 3.68. The topological polar surface area (TPSA) is 12.0 Å². The third kappa shape index (κ3) is 4.88. The molecule has 0 heterocycles. The Morgan fingerprint density at radius 3 is 1.42 bits per heavy atom. The minimum atomic E-state index is 0.501. The van der Waals surface area contributed by atoms with Crippen molar-refractivity contribution in [2.24, 2.45) is 0 Å². The van der Waals surface area contributed by atoms with Gasteiger partial charge in [0.05, 0.1) is 0 Å². The van der Waals surface area contributed by atoms with Crippen LogP contribution in [0, 0.1) is 0 Å². The Balaban J connectivity index is 1.80. The van der Waals surface area contributed by atoms with Crippen molar-refractivity contribution >= 4 is 0 Å². The molecule has 19 heavy (non-hydrogen) atoms. The first kappa shape index (κ1) is 13.8. The van der Waals surface area contributed by atoms with Gasteiger partial charge >= 0.3 is 0 Å². The van der Waals surface area contributed by atoms with Gasteiger partial charge in [-0.1, -0.05) is 60.7 Å². The van der Waals surface area contributed by atoms with Crippen molar-refractivity contribution in [2.45, 2.75) is 38.8 Å². The lowest BCUT2D eigenvalue weighted by atomic mass is 10.0. The molecule has 100 valence electrons. The van der Waals surface area contributed by atoms with E-state index >= 15 is 0 Å². The maximum absolute atomic E-state index is 3.68. The average molecular weight is 253 g/mol. The molecule has 2 aromatic carbocycles. The SMILES string of the molecule is CC(Cc1ccccc1)NC(C)Cc1ccccc1. The van der Waals surface area contributed by atoms with Gasteiger partial charge in [-0.05, 0) is 37.8 Å². The lowest BCUT2D eigenvalue weighted by Crippen LogP contribution is -2.37. The summed E-state index contributed by atoms with van der Waals surface area (Å²) in [6.07, 6.45) is 2.17. The highest BCUT2D eigenvalue weighted by atomic mass is 14.9. The van der Waals surface area contributed by atoms with E-state index in [1.807, 2.05) is 0 Å². The van der Waals surface area contributed by atoms with Gasteiger partial charge in [-0.15, -0.1) is 0 Å². The minimum Gasteiger partial charge on any atom is -0.311 e. The van der Waals surface area contributed by atoms with Gasteiger partial charge < -0.3 is 5.32 Å². The second-order valence-corrected chi connectivity index (χ2v) is 5.35. The summed E-state index contributed by atoms with van der Waals surface area (Å²) >= 11 is 0. The van der Waals surface area contributed by atoms with Gasteiger partial charge in [0.2, 0.25) is 0 Å². The second-order valence-electron chi connectivity index (χ2n) is 5.35. The normalized spacial score (nSPS) is 14.0. The molecule has 1 N–H and O–H groups in total. The van der Waals surface area contributed by atoms with Crippen LogP contribution in [0.4, 0.5) is 0 Å². The van der Waals surface area contributed by atoms with Gasteiger partial charge in [0.1, 0.15) is 0 Å². The predicted molar refractivity (Wildman–Crippen MR) is 82.4 cm³/mol. The standard InChI is InChI=1S/C18H23N/c1-15(13-17-9-5-3-6-10-17)19-16(2)14-18-11-7-4-8-12-18/h3-12,15-16,19H,13-14H2,1-2H3. The van der Waals surface area contributed by atoms with E-state index in [9.17, 15) is 0 Å². The van der Waals surface area contributed by atoms with Crippen LogP contribution in [0.5, 0.6) is 0 Å². The molecule has 0 aliphatic heterocycles. The average Bonchev–Trinajstić information content (AvgIpc) is 2.40. The van der Waals surface area contributed by atoms with Crippen LogP contribution >= 0.6 is 0 Å². The molecule has 2 rings (SSSR count). The molecule has 2 aromatic rings. The lowest BCUT2D eigenvalue weighted by molar-refractivity contribution is 0.462. The van der Waals surface area contributed by atoms with Crippen molar-refractivity contribution in [2.75, 3.05) is 0 Å². The molecule has 0 fully saturated rings. The molecule has 0 amide bonds. The van der Waals surface area contributed by atoms with E-state index in [1.165, 1.54) is 11.1 Å². The van der Waals surface area contributed by atoms with Crippen LogP contribution in [-0.4, -0.2) is 12.1 Å². The van der Waals surface area contributed by atoms with E-state index < -0.39 is 0 Å². The highest BCUT2D eigenvalue weighted by Crippen LogP contribution is 2.06. The van der Waals surface area contributed by atoms with Gasteiger partial charge in [-0.3, -0.25) is 0 Å². The molecular weight excluding hydrogens is 230 g/mol. The van der Waals surface area contributed by atoms with Gasteiger partial charge in [-0.2, -0.15) is 0 Å². The zero-order chi connectivity index (χ0) is 13.5. The van der Waals surface area contributed by atoms with Crippen molar-refractivity contribution in [1.29, 1.82) is 0 Å². The van der Waals surface area contributed by atoms with E-state index in [4.69, 9.17) is 0 Å². The van der Waals surface area contributed by atoms with E-state index in [1.54, 1.807) is 0 Å². The molecule has 0 aliphatic carbocycles. The van der Waals surface area contributed by atoms with Crippen LogP contribution in [0.2, 0.25) is 0 Å². The molecule has 2 unspecified atom stereocenters. The summed E-state index contributed by atoms with van der Waals surface area (Å²) in [5.41, 5.74) is 2.80. The number of hydrogen-bond donors (Lipinski definition) is 1. The molecule has 0 saturated heterocycles. The zero-order valence-corrected chi connectivity index (χ0v) is 11.8. The van der Waals surface area contributed by atoms with Crippen LogP contribution in [0.15, 0.2) is 60.7 Å². The molecule has 0 aromatic heterocycles. The maximum Gasteiger partial charge on any atom is 0.00817 e. The molecule has 0 spiro atoms. The molecule has 1 heteroatoms. The highest BCUT2D eigenvalue weighted by Gasteiger charge is 2.08. The molecule has 0 radical (unpaired) electrons. The Hall–Kier alpha value is -1.60. The summed E-state index contributed by atoms with van der Waals surface area (Å²) in [7, 11) is 0. The largest absolute Gasteiger partial charge is 0.311 e. The van der Waals surface area contributed by atoms with Crippen LogP contribution < -0.4 is 5.32 Å². The van der Waals surface area contributed by atoms with Crippen LogP contribution in [0.25, 0.3) is 0 Å². The van der Waals surface area contributed by atoms with E-state index in [2.05, 4.69) is 79.8 Å². The quantitative estimate of drug-likeness (QED) is 0.825. The third-order valence-corrected chi connectivity index (χ3v) is 3.34. The molecule has 0 saturated carbocycles. The van der Waals surface area contributed by atoms with Crippen LogP contribution in [-0.2, 0) is 12.8 Å². The minimum absolute atomic E-state index is 0.501. The van der Waals surface area contributed by atoms with Crippen LogP contribution in [0.3, 0.4) is 0 Å². The third-order valence-electron chi connectivity index (χ3n) is 3.34. The van der Waals surface area contributed by atoms with Crippen LogP contribution in [0.1, 0.15) is 25.0 Å². The van der Waals surface area contributed by atoms with Gasteiger partial charge in [0.25, 0.3) is 0 Å². The predicted octanol–water partition coefficient (Wildman–Crippen LogP) is 3.84. The van der Waals surface area contributed by atoms with Gasteiger partial charge in [0, 0.05) is 12.1 Å². The van der Waals surface area contributed by atoms with E-state index in [0.717, 1.165) is 12.8 Å². The van der Waals surface area contributed by atoms with Crippen molar-refractivity contribution in [3.8, 4) is 0 Å². The summed E-state index contributed by atoms with van der Waals surface area (Å²) in [4.78, 5) is 0. The number of nitrogens with one attached hydrogen (secondary N) is 1. The maximum atomic E-state index is 3.68. The van der Waals surface area contributed by atoms with E-state index in [-0.39, 0.29) is 0 Å². The summed E-state index contributed by atoms with van der Waals surface area (Å²) in [6, 6.07) is 22.3. The molecule has 0 aliphatic rings. The Morgan fingerprint density at radius 1 is 0.684 bits per heavy atom. The Kier molecular flexibility index (Phi) is 5.17. The van der Waals surface area contributed by atoms with Gasteiger partial charge in [0.15, 0.2) is 0 Å². The first-order valence-corrected chi connectivity index (χ1v) is 7.08. The monoisotopic (exact) mass is 253 g/mol. The van der Waals surface area contributed by atoms with Crippen molar-refractivity contribution < 1.29 is 0 Å². The van der Waals surface area contributed by atoms with Gasteiger partial charge in [-0.25, -0.2) is 0 Å². The number of benzene rings is 2. The van der Waals surface area contributed by atoms with Crippen molar-refractivity contribution in [1.82, 2.24) is 5.32 Å². The fourth-order valence-corrected chi connectivity index (χ4v) is 2.54. The zero-order valence-electron chi connectivity index (χ0n) is 11.8. The summed E-state index contributed by atoms with van der Waals surface area (Å²) < 4.78 is 0. The smallest absolute Gasteiger partial charge is 0.00817 e. The van der Waals surface area contributed by atoms with Crippen molar-refractivity contribution in [3.63, 3.8) is 0 Å². The summed E-state index contributed by atoms with van der Waals surface area (Å²) in [6.45, 7) is 4.52. The van der Waals surface area contributed by atoms with E-state index in [0.29, 0.717) is 12.1 Å². The molecular formula is C18H23N. The Bertz CT molecular complexity index is 418. The summed E-state index contributed by atoms with van der Waals surface area (Å²) in [5.74, 6) is 0. The highest BCUT2D eigenvalue weighted by molar-refractivity contribution is 5.17. The fourth-order valence-electron chi connectivity index (χ4n) is 2.54. The number of rotatable bonds is 6.